The minimum absolute atomic E-state index is 0.104. The van der Waals surface area contributed by atoms with Gasteiger partial charge in [-0.2, -0.15) is 0 Å². The van der Waals surface area contributed by atoms with Crippen molar-refractivity contribution in [2.45, 2.75) is 66.5 Å². The number of hydrogen-bond acceptors (Lipinski definition) is 2. The Morgan fingerprint density at radius 1 is 1.17 bits per heavy atom. The van der Waals surface area contributed by atoms with Crippen LogP contribution in [0.3, 0.4) is 0 Å². The van der Waals surface area contributed by atoms with E-state index in [4.69, 9.17) is 0 Å². The monoisotopic (exact) mass is 314 g/mol. The van der Waals surface area contributed by atoms with Crippen LogP contribution in [0.2, 0.25) is 0 Å². The molecule has 1 atom stereocenters. The number of benzene rings is 1. The first-order valence-corrected chi connectivity index (χ1v) is 8.36. The number of rotatable bonds is 4. The van der Waals surface area contributed by atoms with Crippen molar-refractivity contribution < 1.29 is 4.79 Å². The fraction of sp³-hybridized carbons (Fsp3) is 0.550. The molecule has 0 saturated carbocycles. The summed E-state index contributed by atoms with van der Waals surface area (Å²) < 4.78 is 0. The van der Waals surface area contributed by atoms with Gasteiger partial charge in [0.15, 0.2) is 5.78 Å². The lowest BCUT2D eigenvalue weighted by atomic mass is 9.83. The molecule has 0 saturated heterocycles. The number of carbonyl (C=O) groups is 1. The third kappa shape index (κ3) is 4.23. The molecule has 2 aromatic rings. The van der Waals surface area contributed by atoms with Crippen molar-refractivity contribution in [3.63, 3.8) is 0 Å². The number of aromatic amines is 1. The van der Waals surface area contributed by atoms with Crippen molar-refractivity contribution in [3.05, 3.63) is 35.5 Å². The lowest BCUT2D eigenvalue weighted by Crippen LogP contribution is -2.51. The molecule has 0 fully saturated rings. The van der Waals surface area contributed by atoms with Crippen LogP contribution in [-0.4, -0.2) is 22.3 Å². The van der Waals surface area contributed by atoms with E-state index in [9.17, 15) is 4.79 Å². The maximum absolute atomic E-state index is 12.9. The van der Waals surface area contributed by atoms with Crippen molar-refractivity contribution in [1.82, 2.24) is 10.3 Å². The lowest BCUT2D eigenvalue weighted by molar-refractivity contribution is -0.128. The number of hydrogen-bond donors (Lipinski definition) is 2. The Kier molecular flexibility index (Phi) is 4.72. The van der Waals surface area contributed by atoms with Crippen LogP contribution in [-0.2, 0) is 11.2 Å². The zero-order chi connectivity index (χ0) is 17.4. The summed E-state index contributed by atoms with van der Waals surface area (Å²) in [7, 11) is 0. The van der Waals surface area contributed by atoms with Crippen molar-refractivity contribution in [1.29, 1.82) is 0 Å². The molecule has 0 amide bonds. The summed E-state index contributed by atoms with van der Waals surface area (Å²) in [5, 5.41) is 4.73. The summed E-state index contributed by atoms with van der Waals surface area (Å²) in [6.07, 6.45) is 2.75. The van der Waals surface area contributed by atoms with Gasteiger partial charge in [0.05, 0.1) is 6.04 Å². The number of fused-ring (bicyclic) bond motifs is 1. The Bertz CT molecular complexity index is 698. The average molecular weight is 314 g/mol. The molecule has 126 valence electrons. The molecule has 0 aliphatic rings. The lowest BCUT2D eigenvalue weighted by Gasteiger charge is -2.31. The molecule has 1 heterocycles. The molecule has 0 bridgehead atoms. The highest BCUT2D eigenvalue weighted by Crippen LogP contribution is 2.25. The largest absolute Gasteiger partial charge is 0.361 e. The summed E-state index contributed by atoms with van der Waals surface area (Å²) >= 11 is 0. The molecule has 3 heteroatoms. The van der Waals surface area contributed by atoms with Crippen molar-refractivity contribution >= 4 is 16.7 Å². The predicted octanol–water partition coefficient (Wildman–Crippen LogP) is 4.39. The average Bonchev–Trinajstić information content (AvgIpc) is 2.79. The molecule has 0 unspecified atom stereocenters. The number of aryl methyl sites for hydroxylation is 1. The summed E-state index contributed by atoms with van der Waals surface area (Å²) in [6.45, 7) is 14.4. The summed E-state index contributed by atoms with van der Waals surface area (Å²) in [5.41, 5.74) is 3.14. The minimum atomic E-state index is -0.356. The van der Waals surface area contributed by atoms with E-state index in [1.165, 1.54) is 22.0 Å². The fourth-order valence-corrected chi connectivity index (χ4v) is 3.01. The number of H-pyrrole nitrogens is 1. The first kappa shape index (κ1) is 17.7. The first-order chi connectivity index (χ1) is 10.5. The van der Waals surface area contributed by atoms with Crippen LogP contribution in [0.15, 0.2) is 24.4 Å². The first-order valence-electron chi connectivity index (χ1n) is 8.36. The Hall–Kier alpha value is -1.61. The highest BCUT2D eigenvalue weighted by Gasteiger charge is 2.32. The summed E-state index contributed by atoms with van der Waals surface area (Å²) in [4.78, 5) is 16.3. The van der Waals surface area contributed by atoms with Crippen LogP contribution < -0.4 is 5.32 Å². The number of carbonyl (C=O) groups excluding carboxylic acids is 1. The molecule has 0 radical (unpaired) electrons. The zero-order valence-electron chi connectivity index (χ0n) is 15.5. The van der Waals surface area contributed by atoms with Gasteiger partial charge in [-0.3, -0.25) is 4.79 Å². The summed E-state index contributed by atoms with van der Waals surface area (Å²) in [6, 6.07) is 6.12. The van der Waals surface area contributed by atoms with Gasteiger partial charge in [0, 0.05) is 28.1 Å². The molecular weight excluding hydrogens is 284 g/mol. The third-order valence-electron chi connectivity index (χ3n) is 4.10. The van der Waals surface area contributed by atoms with Crippen LogP contribution in [0.25, 0.3) is 10.9 Å². The predicted molar refractivity (Wildman–Crippen MR) is 97.9 cm³/mol. The Labute approximate surface area is 139 Å². The van der Waals surface area contributed by atoms with E-state index in [2.05, 4.69) is 56.2 Å². The van der Waals surface area contributed by atoms with Crippen LogP contribution in [0.4, 0.5) is 0 Å². The molecule has 3 nitrogen and oxygen atoms in total. The van der Waals surface area contributed by atoms with Gasteiger partial charge >= 0.3 is 0 Å². The number of aromatic nitrogens is 1. The van der Waals surface area contributed by atoms with Crippen LogP contribution in [0, 0.1) is 12.3 Å². The van der Waals surface area contributed by atoms with E-state index < -0.39 is 0 Å². The second kappa shape index (κ2) is 6.12. The van der Waals surface area contributed by atoms with Gasteiger partial charge in [-0.05, 0) is 45.2 Å². The van der Waals surface area contributed by atoms with E-state index >= 15 is 0 Å². The van der Waals surface area contributed by atoms with Crippen LogP contribution in [0.1, 0.15) is 52.7 Å². The molecule has 1 aromatic carbocycles. The van der Waals surface area contributed by atoms with Crippen LogP contribution >= 0.6 is 0 Å². The smallest absolute Gasteiger partial charge is 0.155 e. The highest BCUT2D eigenvalue weighted by atomic mass is 16.1. The van der Waals surface area contributed by atoms with Crippen molar-refractivity contribution in [3.8, 4) is 0 Å². The SMILES string of the molecule is Cc1cccc2c(C[C@H](NC(C)(C)C)C(=O)C(C)(C)C)c[nH]c12. The Balaban J connectivity index is 2.36. The number of para-hydroxylation sites is 1. The molecule has 23 heavy (non-hydrogen) atoms. The van der Waals surface area contributed by atoms with E-state index in [1.54, 1.807) is 0 Å². The van der Waals surface area contributed by atoms with Gasteiger partial charge < -0.3 is 10.3 Å². The number of Topliss-reactive ketones (excluding diaryl/α,β-unsaturated/α-hetero) is 1. The fourth-order valence-electron chi connectivity index (χ4n) is 3.01. The second-order valence-corrected chi connectivity index (χ2v) is 8.58. The van der Waals surface area contributed by atoms with Gasteiger partial charge in [0.2, 0.25) is 0 Å². The number of nitrogens with one attached hydrogen (secondary N) is 2. The molecule has 0 aliphatic carbocycles. The van der Waals surface area contributed by atoms with E-state index in [0.29, 0.717) is 6.42 Å². The molecule has 1 aromatic heterocycles. The standard InChI is InChI=1S/C20H30N2O/c1-13-9-8-10-15-14(12-21-17(13)15)11-16(22-20(5,6)7)18(23)19(2,3)4/h8-10,12,16,21-22H,11H2,1-7H3/t16-/m0/s1. The van der Waals surface area contributed by atoms with Gasteiger partial charge in [0.25, 0.3) is 0 Å². The Morgan fingerprint density at radius 2 is 1.83 bits per heavy atom. The molecule has 0 aliphatic heterocycles. The molecule has 2 N–H and O–H groups in total. The van der Waals surface area contributed by atoms with Gasteiger partial charge in [0.1, 0.15) is 0 Å². The Morgan fingerprint density at radius 3 is 2.39 bits per heavy atom. The van der Waals surface area contributed by atoms with E-state index in [1.807, 2.05) is 27.0 Å². The van der Waals surface area contributed by atoms with Crippen LogP contribution in [0.5, 0.6) is 0 Å². The highest BCUT2D eigenvalue weighted by molar-refractivity contribution is 5.91. The minimum Gasteiger partial charge on any atom is -0.361 e. The molecule has 0 spiro atoms. The van der Waals surface area contributed by atoms with E-state index in [-0.39, 0.29) is 22.8 Å². The van der Waals surface area contributed by atoms with Crippen molar-refractivity contribution in [2.24, 2.45) is 5.41 Å². The maximum atomic E-state index is 12.9. The van der Waals surface area contributed by atoms with Crippen molar-refractivity contribution in [2.75, 3.05) is 0 Å². The topological polar surface area (TPSA) is 44.9 Å². The number of ketones is 1. The van der Waals surface area contributed by atoms with Gasteiger partial charge in [-0.1, -0.05) is 39.0 Å². The summed E-state index contributed by atoms with van der Waals surface area (Å²) in [5.74, 6) is 0.259. The third-order valence-corrected chi connectivity index (χ3v) is 4.10. The molecule has 2 rings (SSSR count). The maximum Gasteiger partial charge on any atom is 0.155 e. The van der Waals surface area contributed by atoms with Gasteiger partial charge in [-0.15, -0.1) is 0 Å². The zero-order valence-corrected chi connectivity index (χ0v) is 15.5. The normalized spacial score (nSPS) is 14.2. The quantitative estimate of drug-likeness (QED) is 0.879. The molecular formula is C20H30N2O. The van der Waals surface area contributed by atoms with E-state index in [0.717, 1.165) is 0 Å². The second-order valence-electron chi connectivity index (χ2n) is 8.58. The van der Waals surface area contributed by atoms with Gasteiger partial charge in [-0.25, -0.2) is 0 Å².